The third-order valence-electron chi connectivity index (χ3n) is 3.71. The Bertz CT molecular complexity index is 378. The van der Waals surface area contributed by atoms with Crippen LogP contribution in [0.2, 0.25) is 0 Å². The molecule has 1 unspecified atom stereocenters. The molecule has 0 aromatic heterocycles. The van der Waals surface area contributed by atoms with Gasteiger partial charge in [-0.15, -0.1) is 0 Å². The molecule has 1 aromatic rings. The van der Waals surface area contributed by atoms with Crippen LogP contribution >= 0.6 is 0 Å². The highest BCUT2D eigenvalue weighted by atomic mass is 16.5. The first-order valence-corrected chi connectivity index (χ1v) is 7.14. The van der Waals surface area contributed by atoms with E-state index in [1.54, 1.807) is 0 Å². The molecular formula is C16H25NO2. The molecule has 106 valence electrons. The minimum absolute atomic E-state index is 0.0529. The molecule has 19 heavy (non-hydrogen) atoms. The summed E-state index contributed by atoms with van der Waals surface area (Å²) < 4.78 is 5.73. The van der Waals surface area contributed by atoms with Crippen LogP contribution in [0.1, 0.15) is 32.3 Å². The molecule has 1 saturated heterocycles. The predicted octanol–water partition coefficient (Wildman–Crippen LogP) is 2.14. The minimum atomic E-state index is -0.0529. The van der Waals surface area contributed by atoms with E-state index >= 15 is 0 Å². The number of aliphatic hydroxyl groups is 1. The molecule has 1 heterocycles. The second-order valence-corrected chi connectivity index (χ2v) is 6.03. The number of rotatable bonds is 5. The van der Waals surface area contributed by atoms with Crippen molar-refractivity contribution in [2.75, 3.05) is 13.2 Å². The Morgan fingerprint density at radius 3 is 2.74 bits per heavy atom. The van der Waals surface area contributed by atoms with E-state index in [0.29, 0.717) is 6.04 Å². The van der Waals surface area contributed by atoms with Gasteiger partial charge in [0.05, 0.1) is 12.2 Å². The van der Waals surface area contributed by atoms with Crippen molar-refractivity contribution in [3.8, 4) is 0 Å². The molecule has 0 aliphatic carbocycles. The minimum Gasteiger partial charge on any atom is -0.395 e. The maximum atomic E-state index is 9.55. The van der Waals surface area contributed by atoms with Crippen molar-refractivity contribution in [1.29, 1.82) is 0 Å². The third-order valence-corrected chi connectivity index (χ3v) is 3.71. The summed E-state index contributed by atoms with van der Waals surface area (Å²) in [7, 11) is 0. The van der Waals surface area contributed by atoms with E-state index in [0.717, 1.165) is 25.9 Å². The maximum absolute atomic E-state index is 9.55. The Balaban J connectivity index is 1.88. The molecule has 1 fully saturated rings. The fourth-order valence-corrected chi connectivity index (χ4v) is 2.78. The van der Waals surface area contributed by atoms with Crippen molar-refractivity contribution in [2.24, 2.45) is 0 Å². The lowest BCUT2D eigenvalue weighted by atomic mass is 9.93. The predicted molar refractivity (Wildman–Crippen MR) is 77.2 cm³/mol. The van der Waals surface area contributed by atoms with Gasteiger partial charge in [0.15, 0.2) is 0 Å². The number of nitrogens with one attached hydrogen (secondary N) is 1. The normalized spacial score (nSPS) is 24.1. The van der Waals surface area contributed by atoms with Gasteiger partial charge >= 0.3 is 0 Å². The van der Waals surface area contributed by atoms with Crippen LogP contribution in [0.3, 0.4) is 0 Å². The van der Waals surface area contributed by atoms with E-state index in [2.05, 4.69) is 31.3 Å². The highest BCUT2D eigenvalue weighted by Crippen LogP contribution is 2.24. The zero-order valence-corrected chi connectivity index (χ0v) is 11.9. The molecule has 0 amide bonds. The van der Waals surface area contributed by atoms with Gasteiger partial charge in [0.1, 0.15) is 0 Å². The molecule has 0 spiro atoms. The lowest BCUT2D eigenvalue weighted by Crippen LogP contribution is -2.49. The van der Waals surface area contributed by atoms with E-state index in [1.807, 2.05) is 18.2 Å². The molecule has 1 aromatic carbocycles. The Kier molecular flexibility index (Phi) is 4.97. The summed E-state index contributed by atoms with van der Waals surface area (Å²) in [5.74, 6) is 0. The lowest BCUT2D eigenvalue weighted by molar-refractivity contribution is -0.0648. The van der Waals surface area contributed by atoms with Gasteiger partial charge in [-0.05, 0) is 38.7 Å². The second-order valence-electron chi connectivity index (χ2n) is 6.03. The first-order chi connectivity index (χ1) is 9.09. The van der Waals surface area contributed by atoms with Gasteiger partial charge in [-0.2, -0.15) is 0 Å². The smallest absolute Gasteiger partial charge is 0.0641 e. The van der Waals surface area contributed by atoms with Gasteiger partial charge in [-0.25, -0.2) is 0 Å². The summed E-state index contributed by atoms with van der Waals surface area (Å²) >= 11 is 0. The van der Waals surface area contributed by atoms with E-state index < -0.39 is 0 Å². The molecule has 0 radical (unpaired) electrons. The largest absolute Gasteiger partial charge is 0.395 e. The van der Waals surface area contributed by atoms with Crippen LogP contribution in [0, 0.1) is 0 Å². The van der Waals surface area contributed by atoms with E-state index in [9.17, 15) is 5.11 Å². The molecule has 0 bridgehead atoms. The Morgan fingerprint density at radius 1 is 1.37 bits per heavy atom. The van der Waals surface area contributed by atoms with Crippen LogP contribution < -0.4 is 5.32 Å². The van der Waals surface area contributed by atoms with Crippen LogP contribution in [0.25, 0.3) is 0 Å². The molecule has 2 atom stereocenters. The van der Waals surface area contributed by atoms with Gasteiger partial charge < -0.3 is 15.2 Å². The Morgan fingerprint density at radius 2 is 2.11 bits per heavy atom. The lowest BCUT2D eigenvalue weighted by Gasteiger charge is -2.37. The van der Waals surface area contributed by atoms with Crippen molar-refractivity contribution >= 4 is 0 Å². The molecule has 2 rings (SSSR count). The van der Waals surface area contributed by atoms with Crippen LogP contribution in [0.5, 0.6) is 0 Å². The molecule has 0 saturated carbocycles. The quantitative estimate of drug-likeness (QED) is 0.855. The van der Waals surface area contributed by atoms with Crippen LogP contribution in [0.4, 0.5) is 0 Å². The van der Waals surface area contributed by atoms with Gasteiger partial charge in [0, 0.05) is 18.7 Å². The van der Waals surface area contributed by atoms with Crippen molar-refractivity contribution in [1.82, 2.24) is 5.32 Å². The highest BCUT2D eigenvalue weighted by molar-refractivity contribution is 5.16. The van der Waals surface area contributed by atoms with Gasteiger partial charge in [-0.3, -0.25) is 0 Å². The highest BCUT2D eigenvalue weighted by Gasteiger charge is 2.29. The van der Waals surface area contributed by atoms with Gasteiger partial charge in [0.2, 0.25) is 0 Å². The molecule has 1 aliphatic heterocycles. The first kappa shape index (κ1) is 14.5. The average molecular weight is 263 g/mol. The average Bonchev–Trinajstić information content (AvgIpc) is 2.38. The van der Waals surface area contributed by atoms with Crippen molar-refractivity contribution < 1.29 is 9.84 Å². The molecule has 1 aliphatic rings. The van der Waals surface area contributed by atoms with Crippen LogP contribution in [-0.2, 0) is 11.2 Å². The standard InChI is InChI=1S/C16H25NO2/c1-16(2)11-14(8-9-19-16)17-15(12-18)10-13-6-4-3-5-7-13/h3-7,14-15,17-18H,8-12H2,1-2H3/t14?,15-/m1/s1. The fourth-order valence-electron chi connectivity index (χ4n) is 2.78. The summed E-state index contributed by atoms with van der Waals surface area (Å²) in [6.07, 6.45) is 2.89. The molecule has 2 N–H and O–H groups in total. The zero-order chi connectivity index (χ0) is 13.7. The number of hydrogen-bond acceptors (Lipinski definition) is 3. The Hall–Kier alpha value is -0.900. The Labute approximate surface area is 116 Å². The van der Waals surface area contributed by atoms with Gasteiger partial charge in [-0.1, -0.05) is 30.3 Å². The van der Waals surface area contributed by atoms with Gasteiger partial charge in [0.25, 0.3) is 0 Å². The second kappa shape index (κ2) is 6.51. The number of ether oxygens (including phenoxy) is 1. The van der Waals surface area contributed by atoms with E-state index in [1.165, 1.54) is 5.56 Å². The third kappa shape index (κ3) is 4.60. The topological polar surface area (TPSA) is 41.5 Å². The number of benzene rings is 1. The number of hydrogen-bond donors (Lipinski definition) is 2. The van der Waals surface area contributed by atoms with E-state index in [-0.39, 0.29) is 18.2 Å². The number of aliphatic hydroxyl groups excluding tert-OH is 1. The summed E-state index contributed by atoms with van der Waals surface area (Å²) in [6, 6.07) is 10.9. The van der Waals surface area contributed by atoms with Crippen LogP contribution in [-0.4, -0.2) is 36.0 Å². The molecular weight excluding hydrogens is 238 g/mol. The van der Waals surface area contributed by atoms with Crippen molar-refractivity contribution in [3.05, 3.63) is 35.9 Å². The zero-order valence-electron chi connectivity index (χ0n) is 11.9. The van der Waals surface area contributed by atoms with Crippen molar-refractivity contribution in [3.63, 3.8) is 0 Å². The van der Waals surface area contributed by atoms with Crippen LogP contribution in [0.15, 0.2) is 30.3 Å². The molecule has 3 heteroatoms. The van der Waals surface area contributed by atoms with Crippen molar-refractivity contribution in [2.45, 2.75) is 50.8 Å². The fraction of sp³-hybridized carbons (Fsp3) is 0.625. The van der Waals surface area contributed by atoms with E-state index in [4.69, 9.17) is 4.74 Å². The molecule has 3 nitrogen and oxygen atoms in total. The summed E-state index contributed by atoms with van der Waals surface area (Å²) in [4.78, 5) is 0. The summed E-state index contributed by atoms with van der Waals surface area (Å²) in [5.41, 5.74) is 1.21. The first-order valence-electron chi connectivity index (χ1n) is 7.14. The summed E-state index contributed by atoms with van der Waals surface area (Å²) in [5, 5.41) is 13.1. The SMILES string of the molecule is CC1(C)CC(N[C@@H](CO)Cc2ccccc2)CCO1. The maximum Gasteiger partial charge on any atom is 0.0641 e. The monoisotopic (exact) mass is 263 g/mol. The summed E-state index contributed by atoms with van der Waals surface area (Å²) in [6.45, 7) is 5.23.